The van der Waals surface area contributed by atoms with Gasteiger partial charge >= 0.3 is 5.97 Å². The number of aromatic hydroxyl groups is 1. The molecule has 0 aromatic heterocycles. The predicted molar refractivity (Wildman–Crippen MR) is 92.4 cm³/mol. The quantitative estimate of drug-likeness (QED) is 0.760. The summed E-state index contributed by atoms with van der Waals surface area (Å²) in [6, 6.07) is 8.09. The van der Waals surface area contributed by atoms with E-state index in [1.54, 1.807) is 31.2 Å². The number of aryl methyl sites for hydroxylation is 1. The van der Waals surface area contributed by atoms with Crippen molar-refractivity contribution in [3.8, 4) is 11.5 Å². The zero-order valence-corrected chi connectivity index (χ0v) is 14.3. The first-order valence-corrected chi connectivity index (χ1v) is 7.75. The van der Waals surface area contributed by atoms with Gasteiger partial charge in [-0.25, -0.2) is 4.79 Å². The molecule has 0 spiro atoms. The van der Waals surface area contributed by atoms with Crippen LogP contribution < -0.4 is 4.74 Å². The van der Waals surface area contributed by atoms with Gasteiger partial charge in [0.25, 0.3) is 0 Å². The van der Waals surface area contributed by atoms with Gasteiger partial charge < -0.3 is 14.9 Å². The number of aliphatic imine (C=N–C) groups is 1. The van der Waals surface area contributed by atoms with Gasteiger partial charge in [0.05, 0.1) is 17.9 Å². The lowest BCUT2D eigenvalue weighted by atomic mass is 10.1. The van der Waals surface area contributed by atoms with Crippen molar-refractivity contribution >= 4 is 33.8 Å². The van der Waals surface area contributed by atoms with Crippen molar-refractivity contribution in [1.82, 2.24) is 0 Å². The molecule has 0 atom stereocenters. The molecule has 0 radical (unpaired) electrons. The zero-order chi connectivity index (χ0) is 17.0. The van der Waals surface area contributed by atoms with Crippen LogP contribution in [-0.2, 0) is 0 Å². The summed E-state index contributed by atoms with van der Waals surface area (Å²) in [4.78, 5) is 15.3. The molecule has 0 heterocycles. The van der Waals surface area contributed by atoms with E-state index in [1.807, 2.05) is 6.92 Å². The number of carbonyl (C=O) groups is 1. The number of aromatic carboxylic acids is 1. The molecule has 0 amide bonds. The molecular weight excluding hydrogens is 362 g/mol. The molecule has 0 saturated heterocycles. The first-order chi connectivity index (χ1) is 10.9. The number of rotatable bonds is 5. The number of halogens is 1. The Bertz CT molecular complexity index is 771. The van der Waals surface area contributed by atoms with Crippen molar-refractivity contribution in [2.45, 2.75) is 13.8 Å². The van der Waals surface area contributed by atoms with Gasteiger partial charge in [0.15, 0.2) is 11.5 Å². The maximum Gasteiger partial charge on any atom is 0.335 e. The van der Waals surface area contributed by atoms with Crippen molar-refractivity contribution < 1.29 is 19.7 Å². The molecule has 0 saturated carbocycles. The van der Waals surface area contributed by atoms with Gasteiger partial charge in [0, 0.05) is 16.3 Å². The lowest BCUT2D eigenvalue weighted by Crippen LogP contribution is -1.96. The Hall–Kier alpha value is -2.34. The summed E-state index contributed by atoms with van der Waals surface area (Å²) in [5.74, 6) is -0.588. The number of phenolic OH excluding ortho intramolecular Hbond substituents is 1. The van der Waals surface area contributed by atoms with Crippen LogP contribution in [0.5, 0.6) is 11.5 Å². The number of benzene rings is 2. The number of carboxylic acids is 1. The lowest BCUT2D eigenvalue weighted by Gasteiger charge is -2.09. The summed E-state index contributed by atoms with van der Waals surface area (Å²) in [7, 11) is 0. The molecule has 0 aliphatic carbocycles. The monoisotopic (exact) mass is 377 g/mol. The average Bonchev–Trinajstić information content (AvgIpc) is 2.50. The minimum Gasteiger partial charge on any atom is -0.504 e. The highest BCUT2D eigenvalue weighted by molar-refractivity contribution is 9.10. The second-order valence-electron chi connectivity index (χ2n) is 4.84. The third kappa shape index (κ3) is 4.10. The number of phenols is 1. The van der Waals surface area contributed by atoms with E-state index in [9.17, 15) is 9.90 Å². The van der Waals surface area contributed by atoms with Crippen molar-refractivity contribution in [3.63, 3.8) is 0 Å². The number of ether oxygens (including phenoxy) is 1. The molecule has 120 valence electrons. The Balaban J connectivity index is 2.35. The maximum absolute atomic E-state index is 10.9. The molecule has 23 heavy (non-hydrogen) atoms. The molecule has 0 bridgehead atoms. The predicted octanol–water partition coefficient (Wildman–Crippen LogP) is 4.31. The molecule has 2 rings (SSSR count). The Morgan fingerprint density at radius 3 is 2.70 bits per heavy atom. The molecule has 0 unspecified atom stereocenters. The third-order valence-corrected chi connectivity index (χ3v) is 3.61. The van der Waals surface area contributed by atoms with Crippen LogP contribution in [0, 0.1) is 6.92 Å². The summed E-state index contributed by atoms with van der Waals surface area (Å²) in [5.41, 5.74) is 2.09. The second kappa shape index (κ2) is 7.28. The number of hydrogen-bond donors (Lipinski definition) is 2. The van der Waals surface area contributed by atoms with Gasteiger partial charge in [-0.15, -0.1) is 0 Å². The number of nitrogens with zero attached hydrogens (tertiary/aromatic N) is 1. The van der Waals surface area contributed by atoms with Crippen LogP contribution in [0.3, 0.4) is 0 Å². The average molecular weight is 378 g/mol. The van der Waals surface area contributed by atoms with Crippen LogP contribution in [0.4, 0.5) is 5.69 Å². The van der Waals surface area contributed by atoms with Crippen molar-refractivity contribution in [1.29, 1.82) is 0 Å². The summed E-state index contributed by atoms with van der Waals surface area (Å²) in [6.45, 7) is 4.06. The summed E-state index contributed by atoms with van der Waals surface area (Å²) < 4.78 is 6.13. The van der Waals surface area contributed by atoms with Gasteiger partial charge in [-0.1, -0.05) is 15.9 Å². The summed E-state index contributed by atoms with van der Waals surface area (Å²) in [6.07, 6.45) is 1.52. The Morgan fingerprint density at radius 2 is 2.09 bits per heavy atom. The molecule has 5 nitrogen and oxygen atoms in total. The number of hydrogen-bond acceptors (Lipinski definition) is 4. The topological polar surface area (TPSA) is 79.1 Å². The van der Waals surface area contributed by atoms with Crippen molar-refractivity contribution in [3.05, 3.63) is 51.5 Å². The van der Waals surface area contributed by atoms with Crippen molar-refractivity contribution in [2.24, 2.45) is 4.99 Å². The lowest BCUT2D eigenvalue weighted by molar-refractivity contribution is 0.0697. The molecule has 0 aliphatic rings. The van der Waals surface area contributed by atoms with E-state index in [0.29, 0.717) is 23.6 Å². The highest BCUT2D eigenvalue weighted by atomic mass is 79.9. The largest absolute Gasteiger partial charge is 0.504 e. The van der Waals surface area contributed by atoms with Crippen LogP contribution in [-0.4, -0.2) is 29.0 Å². The highest BCUT2D eigenvalue weighted by Crippen LogP contribution is 2.33. The summed E-state index contributed by atoms with van der Waals surface area (Å²) >= 11 is 3.37. The second-order valence-corrected chi connectivity index (χ2v) is 5.76. The third-order valence-electron chi connectivity index (χ3n) is 3.16. The fraction of sp³-hybridized carbons (Fsp3) is 0.176. The van der Waals surface area contributed by atoms with E-state index >= 15 is 0 Å². The summed E-state index contributed by atoms with van der Waals surface area (Å²) in [5, 5.41) is 19.2. The van der Waals surface area contributed by atoms with Crippen LogP contribution in [0.1, 0.15) is 28.4 Å². The molecule has 2 N–H and O–H groups in total. The SMILES string of the molecule is CCOc1cc(Br)cc(C=Nc2ccc(C(=O)O)cc2C)c1O. The highest BCUT2D eigenvalue weighted by Gasteiger charge is 2.09. The van der Waals surface area contributed by atoms with Crippen molar-refractivity contribution in [2.75, 3.05) is 6.61 Å². The first kappa shape index (κ1) is 17.0. The van der Waals surface area contributed by atoms with Gasteiger partial charge in [-0.05, 0) is 49.7 Å². The van der Waals surface area contributed by atoms with E-state index in [1.165, 1.54) is 12.3 Å². The Kier molecular flexibility index (Phi) is 5.39. The molecule has 0 fully saturated rings. The molecule has 6 heteroatoms. The zero-order valence-electron chi connectivity index (χ0n) is 12.7. The Morgan fingerprint density at radius 1 is 1.35 bits per heavy atom. The van der Waals surface area contributed by atoms with E-state index in [4.69, 9.17) is 9.84 Å². The smallest absolute Gasteiger partial charge is 0.335 e. The number of carboxylic acid groups (broad SMARTS) is 1. The minimum absolute atomic E-state index is 0.0126. The van der Waals surface area contributed by atoms with E-state index in [-0.39, 0.29) is 11.3 Å². The fourth-order valence-electron chi connectivity index (χ4n) is 2.03. The molecule has 2 aromatic carbocycles. The normalized spacial score (nSPS) is 10.9. The van der Waals surface area contributed by atoms with Gasteiger partial charge in [-0.2, -0.15) is 0 Å². The fourth-order valence-corrected chi connectivity index (χ4v) is 2.49. The van der Waals surface area contributed by atoms with Crippen LogP contribution >= 0.6 is 15.9 Å². The standard InChI is InChI=1S/C17H16BrNO4/c1-3-23-15-8-13(18)7-12(16(15)20)9-19-14-5-4-11(17(21)22)6-10(14)2/h4-9,20H,3H2,1-2H3,(H,21,22). The van der Waals surface area contributed by atoms with Crippen LogP contribution in [0.15, 0.2) is 39.8 Å². The molecule has 0 aliphatic heterocycles. The van der Waals surface area contributed by atoms with E-state index in [2.05, 4.69) is 20.9 Å². The molecular formula is C17H16BrNO4. The van der Waals surface area contributed by atoms with Gasteiger partial charge in [-0.3, -0.25) is 4.99 Å². The maximum atomic E-state index is 10.9. The van der Waals surface area contributed by atoms with Crippen LogP contribution in [0.2, 0.25) is 0 Å². The van der Waals surface area contributed by atoms with E-state index < -0.39 is 5.97 Å². The van der Waals surface area contributed by atoms with E-state index in [0.717, 1.165) is 10.0 Å². The first-order valence-electron chi connectivity index (χ1n) is 6.95. The minimum atomic E-state index is -0.977. The van der Waals surface area contributed by atoms with Gasteiger partial charge in [0.1, 0.15) is 0 Å². The Labute approximate surface area is 142 Å². The van der Waals surface area contributed by atoms with Gasteiger partial charge in [0.2, 0.25) is 0 Å². The van der Waals surface area contributed by atoms with Crippen LogP contribution in [0.25, 0.3) is 0 Å². The molecule has 2 aromatic rings.